The molecule has 1 saturated carbocycles. The summed E-state index contributed by atoms with van der Waals surface area (Å²) < 4.78 is 16.2. The van der Waals surface area contributed by atoms with Gasteiger partial charge in [-0.25, -0.2) is 9.78 Å². The van der Waals surface area contributed by atoms with Crippen molar-refractivity contribution >= 4 is 6.09 Å². The van der Waals surface area contributed by atoms with E-state index in [0.717, 1.165) is 29.8 Å². The summed E-state index contributed by atoms with van der Waals surface area (Å²) in [5.74, 6) is 1.90. The molecule has 1 atom stereocenters. The molecule has 0 aromatic carbocycles. The van der Waals surface area contributed by atoms with Crippen molar-refractivity contribution < 1.29 is 19.0 Å². The fourth-order valence-electron chi connectivity index (χ4n) is 2.55. The summed E-state index contributed by atoms with van der Waals surface area (Å²) >= 11 is 0. The Morgan fingerprint density at radius 3 is 2.50 bits per heavy atom. The lowest BCUT2D eigenvalue weighted by Crippen LogP contribution is -2.38. The molecule has 1 aromatic heterocycles. The van der Waals surface area contributed by atoms with Crippen LogP contribution in [0.1, 0.15) is 57.7 Å². The molecule has 1 heterocycles. The van der Waals surface area contributed by atoms with Gasteiger partial charge in [-0.2, -0.15) is 0 Å². The van der Waals surface area contributed by atoms with Crippen molar-refractivity contribution in [2.45, 2.75) is 64.5 Å². The van der Waals surface area contributed by atoms with Crippen molar-refractivity contribution in [2.75, 3.05) is 14.2 Å². The average molecular weight is 336 g/mol. The maximum Gasteiger partial charge on any atom is 0.407 e. The van der Waals surface area contributed by atoms with Crippen molar-refractivity contribution in [1.82, 2.24) is 10.3 Å². The van der Waals surface area contributed by atoms with Gasteiger partial charge in [0.15, 0.2) is 0 Å². The topological polar surface area (TPSA) is 69.7 Å². The van der Waals surface area contributed by atoms with Gasteiger partial charge in [0.1, 0.15) is 11.4 Å². The van der Waals surface area contributed by atoms with Gasteiger partial charge in [-0.05, 0) is 52.5 Å². The number of nitrogens with zero attached hydrogens (tertiary/aromatic N) is 1. The molecule has 0 radical (unpaired) electrons. The highest BCUT2D eigenvalue weighted by atomic mass is 16.6. The minimum absolute atomic E-state index is 0.141. The molecule has 1 aromatic rings. The number of carbonyl (C=O) groups is 1. The second kappa shape index (κ2) is 7.28. The predicted molar refractivity (Wildman–Crippen MR) is 91.9 cm³/mol. The van der Waals surface area contributed by atoms with E-state index in [1.165, 1.54) is 0 Å². The van der Waals surface area contributed by atoms with Gasteiger partial charge < -0.3 is 19.5 Å². The van der Waals surface area contributed by atoms with Crippen LogP contribution in [0.25, 0.3) is 0 Å². The monoisotopic (exact) mass is 336 g/mol. The summed E-state index contributed by atoms with van der Waals surface area (Å²) in [4.78, 5) is 16.5. The van der Waals surface area contributed by atoms with Crippen LogP contribution in [-0.2, 0) is 11.2 Å². The Labute approximate surface area is 143 Å². The zero-order valence-corrected chi connectivity index (χ0v) is 15.4. The molecule has 6 heteroatoms. The summed E-state index contributed by atoms with van der Waals surface area (Å²) in [5, 5.41) is 2.83. The van der Waals surface area contributed by atoms with Crippen LogP contribution in [0.3, 0.4) is 0 Å². The molecule has 1 amide bonds. The van der Waals surface area contributed by atoms with Crippen LogP contribution in [0.15, 0.2) is 6.07 Å². The van der Waals surface area contributed by atoms with Crippen LogP contribution in [0.2, 0.25) is 0 Å². The number of pyridine rings is 1. The van der Waals surface area contributed by atoms with Gasteiger partial charge in [-0.3, -0.25) is 0 Å². The van der Waals surface area contributed by atoms with E-state index < -0.39 is 11.7 Å². The Morgan fingerprint density at radius 1 is 1.33 bits per heavy atom. The van der Waals surface area contributed by atoms with Crippen molar-refractivity contribution in [3.63, 3.8) is 0 Å². The first-order valence-corrected chi connectivity index (χ1v) is 8.34. The lowest BCUT2D eigenvalue weighted by Gasteiger charge is -2.22. The number of hydrogen-bond acceptors (Lipinski definition) is 5. The first kappa shape index (κ1) is 18.4. The molecule has 1 aliphatic carbocycles. The molecule has 0 spiro atoms. The number of carbonyl (C=O) groups excluding carboxylic acids is 1. The Bertz CT molecular complexity index is 591. The standard InChI is InChI=1S/C18H28N2O4/c1-11(19-17(21)24-18(2,3)4)9-14-15(22-5)10-13(12-7-8-12)16(20-14)23-6/h10-12H,7-9H2,1-6H3,(H,19,21). The van der Waals surface area contributed by atoms with Crippen LogP contribution >= 0.6 is 0 Å². The Balaban J connectivity index is 2.09. The second-order valence-corrected chi connectivity index (χ2v) is 7.26. The lowest BCUT2D eigenvalue weighted by atomic mass is 10.1. The van der Waals surface area contributed by atoms with Gasteiger partial charge in [0.2, 0.25) is 5.88 Å². The normalized spacial score (nSPS) is 15.6. The number of aromatic nitrogens is 1. The fraction of sp³-hybridized carbons (Fsp3) is 0.667. The minimum Gasteiger partial charge on any atom is -0.495 e. The zero-order chi connectivity index (χ0) is 17.9. The number of hydrogen-bond donors (Lipinski definition) is 1. The maximum atomic E-state index is 11.9. The zero-order valence-electron chi connectivity index (χ0n) is 15.4. The van der Waals surface area contributed by atoms with Crippen molar-refractivity contribution in [3.8, 4) is 11.6 Å². The molecule has 24 heavy (non-hydrogen) atoms. The lowest BCUT2D eigenvalue weighted by molar-refractivity contribution is 0.0508. The van der Waals surface area contributed by atoms with E-state index in [1.54, 1.807) is 14.2 Å². The Kier molecular flexibility index (Phi) is 5.57. The quantitative estimate of drug-likeness (QED) is 0.862. The molecule has 0 saturated heterocycles. The maximum absolute atomic E-state index is 11.9. The van der Waals surface area contributed by atoms with E-state index in [0.29, 0.717) is 18.2 Å². The van der Waals surface area contributed by atoms with E-state index in [-0.39, 0.29) is 6.04 Å². The van der Waals surface area contributed by atoms with Crippen molar-refractivity contribution in [2.24, 2.45) is 0 Å². The van der Waals surface area contributed by atoms with Crippen LogP contribution in [0.5, 0.6) is 11.6 Å². The smallest absolute Gasteiger partial charge is 0.407 e. The summed E-state index contributed by atoms with van der Waals surface area (Å²) in [6, 6.07) is 1.87. The fourth-order valence-corrected chi connectivity index (χ4v) is 2.55. The van der Waals surface area contributed by atoms with Gasteiger partial charge in [0, 0.05) is 18.0 Å². The van der Waals surface area contributed by atoms with E-state index >= 15 is 0 Å². The molecule has 1 N–H and O–H groups in total. The third kappa shape index (κ3) is 5.01. The molecule has 6 nitrogen and oxygen atoms in total. The Morgan fingerprint density at radius 2 is 2.00 bits per heavy atom. The number of rotatable bonds is 6. The summed E-state index contributed by atoms with van der Waals surface area (Å²) in [7, 11) is 3.27. The highest BCUT2D eigenvalue weighted by Crippen LogP contribution is 2.45. The number of alkyl carbamates (subject to hydrolysis) is 1. The second-order valence-electron chi connectivity index (χ2n) is 7.26. The largest absolute Gasteiger partial charge is 0.495 e. The number of ether oxygens (including phenoxy) is 3. The van der Waals surface area contributed by atoms with Gasteiger partial charge >= 0.3 is 6.09 Å². The summed E-state index contributed by atoms with van der Waals surface area (Å²) in [5.41, 5.74) is 1.35. The van der Waals surface area contributed by atoms with E-state index in [4.69, 9.17) is 14.2 Å². The van der Waals surface area contributed by atoms with Gasteiger partial charge in [-0.1, -0.05) is 0 Å². The van der Waals surface area contributed by atoms with Gasteiger partial charge in [-0.15, -0.1) is 0 Å². The molecule has 1 unspecified atom stereocenters. The first-order valence-electron chi connectivity index (χ1n) is 8.34. The van der Waals surface area contributed by atoms with Gasteiger partial charge in [0.25, 0.3) is 0 Å². The number of amides is 1. The number of nitrogens with one attached hydrogen (secondary N) is 1. The predicted octanol–water partition coefficient (Wildman–Crippen LogP) is 3.43. The molecular weight excluding hydrogens is 308 g/mol. The van der Waals surface area contributed by atoms with Gasteiger partial charge in [0.05, 0.1) is 19.9 Å². The molecule has 134 valence electrons. The Hall–Kier alpha value is -1.98. The van der Waals surface area contributed by atoms with Crippen LogP contribution in [0, 0.1) is 0 Å². The molecule has 1 aliphatic rings. The third-order valence-electron chi connectivity index (χ3n) is 3.75. The average Bonchev–Trinajstić information content (AvgIpc) is 3.28. The van der Waals surface area contributed by atoms with E-state index in [1.807, 2.05) is 33.8 Å². The minimum atomic E-state index is -0.519. The summed E-state index contributed by atoms with van der Waals surface area (Å²) in [6.07, 6.45) is 2.42. The SMILES string of the molecule is COc1cc(C2CC2)c(OC)nc1CC(C)NC(=O)OC(C)(C)C. The van der Waals surface area contributed by atoms with Crippen LogP contribution < -0.4 is 14.8 Å². The van der Waals surface area contributed by atoms with Crippen LogP contribution in [0.4, 0.5) is 4.79 Å². The molecule has 0 bridgehead atoms. The molecule has 0 aliphatic heterocycles. The van der Waals surface area contributed by atoms with Crippen LogP contribution in [-0.4, -0.2) is 36.9 Å². The highest BCUT2D eigenvalue weighted by molar-refractivity contribution is 5.68. The van der Waals surface area contributed by atoms with Crippen molar-refractivity contribution in [3.05, 3.63) is 17.3 Å². The van der Waals surface area contributed by atoms with E-state index in [9.17, 15) is 4.79 Å². The van der Waals surface area contributed by atoms with Crippen molar-refractivity contribution in [1.29, 1.82) is 0 Å². The first-order chi connectivity index (χ1) is 11.2. The molecular formula is C18H28N2O4. The third-order valence-corrected chi connectivity index (χ3v) is 3.75. The molecule has 2 rings (SSSR count). The summed E-state index contributed by atoms with van der Waals surface area (Å²) in [6.45, 7) is 7.42. The molecule has 1 fully saturated rings. The highest BCUT2D eigenvalue weighted by Gasteiger charge is 2.29. The number of methoxy groups -OCH3 is 2. The van der Waals surface area contributed by atoms with E-state index in [2.05, 4.69) is 10.3 Å².